The molecule has 1 N–H and O–H groups in total. The number of amides is 1. The number of benzene rings is 1. The minimum atomic E-state index is -1.86. The summed E-state index contributed by atoms with van der Waals surface area (Å²) in [6, 6.07) is 7.32. The Morgan fingerprint density at radius 2 is 1.85 bits per heavy atom. The second-order valence-corrected chi connectivity index (χ2v) is 13.4. The predicted molar refractivity (Wildman–Crippen MR) is 149 cm³/mol. The van der Waals surface area contributed by atoms with E-state index in [9.17, 15) is 14.7 Å². The van der Waals surface area contributed by atoms with Crippen LogP contribution >= 0.6 is 0 Å². The predicted octanol–water partition coefficient (Wildman–Crippen LogP) is 5.05. The van der Waals surface area contributed by atoms with Gasteiger partial charge in [0.1, 0.15) is 18.5 Å². The number of hydrogen-bond acceptors (Lipinski definition) is 7. The number of para-hydroxylation sites is 2. The van der Waals surface area contributed by atoms with Gasteiger partial charge < -0.3 is 24.1 Å². The second-order valence-electron chi connectivity index (χ2n) is 13.4. The van der Waals surface area contributed by atoms with Crippen molar-refractivity contribution in [3.63, 3.8) is 0 Å². The van der Waals surface area contributed by atoms with Gasteiger partial charge in [-0.15, -0.1) is 0 Å². The summed E-state index contributed by atoms with van der Waals surface area (Å²) >= 11 is 0. The van der Waals surface area contributed by atoms with Gasteiger partial charge in [0, 0.05) is 5.92 Å². The number of aliphatic hydroxyl groups is 1. The molecule has 3 aliphatic carbocycles. The SMILES string of the molecule is CC1=CC23C(=O)[C@@H](C=C4COC(C)(C)O[C@H]4[C@]2(O)[C@H]1OC(=O)N1CCOc2ccccc21)C(C)(C)[C@@H](C)CC3C. The first-order chi connectivity index (χ1) is 18.7. The highest BCUT2D eigenvalue weighted by molar-refractivity contribution is 5.96. The number of fused-ring (bicyclic) bond motifs is 4. The molecule has 0 radical (unpaired) electrons. The highest BCUT2D eigenvalue weighted by atomic mass is 16.7. The van der Waals surface area contributed by atoms with Gasteiger partial charge in [-0.3, -0.25) is 9.69 Å². The van der Waals surface area contributed by atoms with Crippen molar-refractivity contribution in [2.24, 2.45) is 28.6 Å². The van der Waals surface area contributed by atoms with Crippen molar-refractivity contribution in [1.29, 1.82) is 0 Å². The van der Waals surface area contributed by atoms with E-state index in [4.69, 9.17) is 18.9 Å². The third kappa shape index (κ3) is 3.61. The van der Waals surface area contributed by atoms with E-state index in [1.54, 1.807) is 13.8 Å². The van der Waals surface area contributed by atoms with Crippen LogP contribution in [0.5, 0.6) is 5.75 Å². The molecule has 2 aliphatic heterocycles. The Kier molecular flexibility index (Phi) is 6.12. The number of carbonyl (C=O) groups excluding carboxylic acids is 2. The summed E-state index contributed by atoms with van der Waals surface area (Å²) in [6.07, 6.45) is 2.01. The van der Waals surface area contributed by atoms with Crippen molar-refractivity contribution < 1.29 is 33.6 Å². The molecule has 7 atom stereocenters. The van der Waals surface area contributed by atoms with Crippen LogP contribution in [0.25, 0.3) is 0 Å². The van der Waals surface area contributed by atoms with Gasteiger partial charge in [0.25, 0.3) is 0 Å². The van der Waals surface area contributed by atoms with Crippen molar-refractivity contribution in [2.75, 3.05) is 24.7 Å². The Morgan fingerprint density at radius 1 is 1.12 bits per heavy atom. The van der Waals surface area contributed by atoms with Crippen molar-refractivity contribution >= 4 is 17.6 Å². The molecule has 40 heavy (non-hydrogen) atoms. The number of nitrogens with zero attached hydrogens (tertiary/aromatic N) is 1. The van der Waals surface area contributed by atoms with Gasteiger partial charge in [0.05, 0.1) is 24.3 Å². The number of allylic oxidation sites excluding steroid dienone is 1. The molecular formula is C32H41NO7. The number of rotatable bonds is 1. The van der Waals surface area contributed by atoms with Crippen LogP contribution in [-0.4, -0.2) is 60.3 Å². The van der Waals surface area contributed by atoms with Gasteiger partial charge in [-0.1, -0.05) is 52.0 Å². The minimum Gasteiger partial charge on any atom is -0.490 e. The molecule has 2 heterocycles. The lowest BCUT2D eigenvalue weighted by atomic mass is 9.59. The van der Waals surface area contributed by atoms with Crippen LogP contribution in [0, 0.1) is 28.6 Å². The molecule has 1 spiro atoms. The van der Waals surface area contributed by atoms with Gasteiger partial charge in [-0.05, 0) is 67.7 Å². The van der Waals surface area contributed by atoms with E-state index in [1.807, 2.05) is 50.3 Å². The molecule has 0 aromatic heterocycles. The average Bonchev–Trinajstić information content (AvgIpc) is 3.06. The largest absolute Gasteiger partial charge is 0.490 e. The lowest BCUT2D eigenvalue weighted by Gasteiger charge is -2.52. The zero-order valence-corrected chi connectivity index (χ0v) is 24.5. The highest BCUT2D eigenvalue weighted by Gasteiger charge is 2.74. The second kappa shape index (κ2) is 8.91. The van der Waals surface area contributed by atoms with E-state index in [1.165, 1.54) is 4.90 Å². The molecule has 1 amide bonds. The maximum absolute atomic E-state index is 14.9. The average molecular weight is 552 g/mol. The summed E-state index contributed by atoms with van der Waals surface area (Å²) in [5.74, 6) is -0.937. The summed E-state index contributed by atoms with van der Waals surface area (Å²) in [5.41, 5.74) is -1.56. The van der Waals surface area contributed by atoms with Crippen molar-refractivity contribution in [3.05, 3.63) is 47.6 Å². The molecule has 6 rings (SSSR count). The van der Waals surface area contributed by atoms with Crippen molar-refractivity contribution in [2.45, 2.75) is 78.5 Å². The highest BCUT2D eigenvalue weighted by Crippen LogP contribution is 2.64. The van der Waals surface area contributed by atoms with E-state index in [2.05, 4.69) is 20.8 Å². The molecule has 1 aromatic rings. The molecule has 216 valence electrons. The first kappa shape index (κ1) is 27.5. The fraction of sp³-hybridized carbons (Fsp3) is 0.625. The summed E-state index contributed by atoms with van der Waals surface area (Å²) < 4.78 is 24.6. The van der Waals surface area contributed by atoms with Crippen LogP contribution in [0.4, 0.5) is 10.5 Å². The van der Waals surface area contributed by atoms with Crippen LogP contribution in [-0.2, 0) is 19.0 Å². The van der Waals surface area contributed by atoms with Crippen LogP contribution in [0.3, 0.4) is 0 Å². The third-order valence-corrected chi connectivity index (χ3v) is 10.5. The topological polar surface area (TPSA) is 94.5 Å². The van der Waals surface area contributed by atoms with Gasteiger partial charge in [-0.2, -0.15) is 0 Å². The molecule has 1 aromatic carbocycles. The molecule has 5 aliphatic rings. The maximum atomic E-state index is 14.9. The molecule has 2 bridgehead atoms. The molecule has 8 nitrogen and oxygen atoms in total. The Labute approximate surface area is 236 Å². The number of ketones is 1. The van der Waals surface area contributed by atoms with Gasteiger partial charge in [0.2, 0.25) is 0 Å². The number of anilines is 1. The molecule has 8 heteroatoms. The molecule has 2 unspecified atom stereocenters. The first-order valence-corrected chi connectivity index (χ1v) is 14.4. The van der Waals surface area contributed by atoms with Crippen LogP contribution in [0.15, 0.2) is 47.6 Å². The maximum Gasteiger partial charge on any atom is 0.415 e. The normalized spacial score (nSPS) is 39.4. The Bertz CT molecular complexity index is 1310. The number of carbonyl (C=O) groups is 2. The van der Waals surface area contributed by atoms with Crippen LogP contribution in [0.1, 0.15) is 54.9 Å². The molecule has 1 saturated heterocycles. The lowest BCUT2D eigenvalue weighted by molar-refractivity contribution is -0.302. The van der Waals surface area contributed by atoms with E-state index >= 15 is 0 Å². The fourth-order valence-corrected chi connectivity index (χ4v) is 7.88. The Morgan fingerprint density at radius 3 is 2.60 bits per heavy atom. The third-order valence-electron chi connectivity index (χ3n) is 10.5. The quantitative estimate of drug-likeness (QED) is 0.489. The van der Waals surface area contributed by atoms with E-state index in [0.717, 1.165) is 12.0 Å². The number of hydrogen-bond donors (Lipinski definition) is 1. The van der Waals surface area contributed by atoms with Crippen molar-refractivity contribution in [1.82, 2.24) is 0 Å². The summed E-state index contributed by atoms with van der Waals surface area (Å²) in [6.45, 7) is 14.8. The Hall–Kier alpha value is -2.68. The van der Waals surface area contributed by atoms with E-state index in [-0.39, 0.29) is 29.6 Å². The minimum absolute atomic E-state index is 0.0465. The van der Waals surface area contributed by atoms with Crippen LogP contribution in [0.2, 0.25) is 0 Å². The number of Topliss-reactive ketones (excluding diaryl/α,β-unsaturated/α-hetero) is 1. The van der Waals surface area contributed by atoms with E-state index in [0.29, 0.717) is 30.2 Å². The zero-order chi connectivity index (χ0) is 28.8. The fourth-order valence-electron chi connectivity index (χ4n) is 7.88. The monoisotopic (exact) mass is 551 g/mol. The standard InChI is InChI=1S/C32H41NO7/c1-18-16-31-20(3)14-19(2)29(4,5)22(25(31)34)15-21-17-38-30(6,7)40-27(21)32(31,36)26(18)39-28(35)33-12-13-37-24-11-9-8-10-23(24)33/h8-11,15-16,19-20,22,26-27,36H,12-14,17H2,1-7H3/t19-,20?,22+,26-,27+,31?,32+/m0/s1. The van der Waals surface area contributed by atoms with Crippen LogP contribution < -0.4 is 9.64 Å². The summed E-state index contributed by atoms with van der Waals surface area (Å²) in [4.78, 5) is 30.3. The zero-order valence-electron chi connectivity index (χ0n) is 24.5. The molecular weight excluding hydrogens is 510 g/mol. The van der Waals surface area contributed by atoms with Gasteiger partial charge >= 0.3 is 6.09 Å². The Balaban J connectivity index is 1.49. The smallest absolute Gasteiger partial charge is 0.415 e. The van der Waals surface area contributed by atoms with Gasteiger partial charge in [0.15, 0.2) is 23.3 Å². The summed E-state index contributed by atoms with van der Waals surface area (Å²) in [7, 11) is 0. The van der Waals surface area contributed by atoms with E-state index < -0.39 is 41.0 Å². The lowest BCUT2D eigenvalue weighted by Crippen LogP contribution is -2.68. The first-order valence-electron chi connectivity index (χ1n) is 14.4. The molecule has 2 fully saturated rings. The van der Waals surface area contributed by atoms with Gasteiger partial charge in [-0.25, -0.2) is 4.79 Å². The number of ether oxygens (including phenoxy) is 4. The van der Waals surface area contributed by atoms with Crippen molar-refractivity contribution in [3.8, 4) is 5.75 Å². The molecule has 1 saturated carbocycles. The summed E-state index contributed by atoms with van der Waals surface area (Å²) in [5, 5.41) is 13.2.